The van der Waals surface area contributed by atoms with Gasteiger partial charge >= 0.3 is 0 Å². The third-order valence-corrected chi connectivity index (χ3v) is 3.92. The van der Waals surface area contributed by atoms with Gasteiger partial charge in [0, 0.05) is 5.69 Å². The summed E-state index contributed by atoms with van der Waals surface area (Å²) in [5, 5.41) is 0. The zero-order chi connectivity index (χ0) is 14.8. The van der Waals surface area contributed by atoms with Gasteiger partial charge in [-0.05, 0) is 37.3 Å². The average molecular weight is 296 g/mol. The topological polar surface area (TPSA) is 68.3 Å². The Labute approximate surface area is 116 Å². The van der Waals surface area contributed by atoms with Crippen LogP contribution in [0.2, 0.25) is 0 Å². The fourth-order valence-corrected chi connectivity index (χ4v) is 2.84. The highest BCUT2D eigenvalue weighted by Crippen LogP contribution is 2.26. The Morgan fingerprint density at radius 1 is 1.25 bits per heavy atom. The van der Waals surface area contributed by atoms with Gasteiger partial charge in [0.15, 0.2) is 0 Å². The van der Waals surface area contributed by atoms with Gasteiger partial charge in [0.1, 0.15) is 22.3 Å². The summed E-state index contributed by atoms with van der Waals surface area (Å²) in [4.78, 5) is 3.76. The van der Waals surface area contributed by atoms with Gasteiger partial charge in [0.25, 0.3) is 10.0 Å². The van der Waals surface area contributed by atoms with Crippen molar-refractivity contribution < 1.29 is 17.5 Å². The first-order valence-electron chi connectivity index (χ1n) is 5.72. The van der Waals surface area contributed by atoms with E-state index in [1.54, 1.807) is 19.1 Å². The van der Waals surface area contributed by atoms with Gasteiger partial charge in [0.05, 0.1) is 7.11 Å². The maximum Gasteiger partial charge on any atom is 0.266 e. The molecule has 0 aliphatic rings. The van der Waals surface area contributed by atoms with Gasteiger partial charge in [-0.15, -0.1) is 0 Å². The van der Waals surface area contributed by atoms with E-state index in [1.165, 1.54) is 19.2 Å². The summed E-state index contributed by atoms with van der Waals surface area (Å²) in [5.74, 6) is -0.439. The van der Waals surface area contributed by atoms with Crippen LogP contribution in [-0.4, -0.2) is 20.5 Å². The van der Waals surface area contributed by atoms with Gasteiger partial charge in [0.2, 0.25) is 0 Å². The van der Waals surface area contributed by atoms with Crippen LogP contribution in [0, 0.1) is 12.7 Å². The quantitative estimate of drug-likeness (QED) is 0.940. The Hall–Kier alpha value is -2.15. The highest BCUT2D eigenvalue weighted by atomic mass is 32.2. The predicted octanol–water partition coefficient (Wildman–Crippen LogP) is 2.34. The van der Waals surface area contributed by atoms with Crippen molar-refractivity contribution in [1.29, 1.82) is 0 Å². The van der Waals surface area contributed by atoms with E-state index in [-0.39, 0.29) is 16.5 Å². The van der Waals surface area contributed by atoms with E-state index >= 15 is 0 Å². The third-order valence-electron chi connectivity index (χ3n) is 2.54. The van der Waals surface area contributed by atoms with E-state index in [0.29, 0.717) is 5.69 Å². The van der Waals surface area contributed by atoms with Crippen molar-refractivity contribution in [3.63, 3.8) is 0 Å². The van der Waals surface area contributed by atoms with Crippen molar-refractivity contribution in [1.82, 2.24) is 4.98 Å². The number of benzene rings is 1. The lowest BCUT2D eigenvalue weighted by molar-refractivity contribution is 0.401. The van der Waals surface area contributed by atoms with Gasteiger partial charge in [-0.1, -0.05) is 6.07 Å². The van der Waals surface area contributed by atoms with E-state index in [9.17, 15) is 12.8 Å². The maximum atomic E-state index is 13.3. The lowest BCUT2D eigenvalue weighted by Crippen LogP contribution is -2.15. The van der Waals surface area contributed by atoms with E-state index in [0.717, 1.165) is 12.1 Å². The molecule has 0 saturated carbocycles. The van der Waals surface area contributed by atoms with Crippen molar-refractivity contribution in [2.45, 2.75) is 11.8 Å². The molecule has 0 saturated heterocycles. The molecule has 0 amide bonds. The van der Waals surface area contributed by atoms with E-state index < -0.39 is 15.8 Å². The summed E-state index contributed by atoms with van der Waals surface area (Å²) < 4.78 is 45.0. The van der Waals surface area contributed by atoms with Crippen LogP contribution < -0.4 is 9.46 Å². The van der Waals surface area contributed by atoms with Crippen LogP contribution in [0.25, 0.3) is 0 Å². The van der Waals surface area contributed by atoms with Crippen LogP contribution in [0.5, 0.6) is 5.75 Å². The number of halogens is 1. The molecule has 2 rings (SSSR count). The van der Waals surface area contributed by atoms with Gasteiger partial charge in [-0.2, -0.15) is 0 Å². The van der Waals surface area contributed by atoms with Crippen LogP contribution in [0.15, 0.2) is 41.3 Å². The number of nitrogens with one attached hydrogen (secondary N) is 1. The summed E-state index contributed by atoms with van der Waals surface area (Å²) in [6.45, 7) is 1.74. The van der Waals surface area contributed by atoms with Crippen molar-refractivity contribution >= 4 is 15.8 Å². The molecule has 5 nitrogen and oxygen atoms in total. The predicted molar refractivity (Wildman–Crippen MR) is 72.7 cm³/mol. The van der Waals surface area contributed by atoms with Crippen LogP contribution in [0.3, 0.4) is 0 Å². The molecule has 0 unspecified atom stereocenters. The number of nitrogens with zero attached hydrogens (tertiary/aromatic N) is 1. The molecule has 0 aliphatic heterocycles. The monoisotopic (exact) mass is 296 g/mol. The SMILES string of the molecule is COc1ccc(F)cc1S(=O)(=O)Nc1cccc(C)n1. The number of anilines is 1. The fourth-order valence-electron chi connectivity index (χ4n) is 1.65. The molecule has 0 bridgehead atoms. The molecule has 1 aromatic carbocycles. The fraction of sp³-hybridized carbons (Fsp3) is 0.154. The minimum absolute atomic E-state index is 0.0616. The molecule has 1 N–H and O–H groups in total. The minimum atomic E-state index is -3.97. The Kier molecular flexibility index (Phi) is 3.89. The molecule has 0 aliphatic carbocycles. The van der Waals surface area contributed by atoms with Gasteiger partial charge in [-0.25, -0.2) is 17.8 Å². The largest absolute Gasteiger partial charge is 0.495 e. The first-order valence-corrected chi connectivity index (χ1v) is 7.21. The van der Waals surface area contributed by atoms with E-state index in [2.05, 4.69) is 9.71 Å². The zero-order valence-corrected chi connectivity index (χ0v) is 11.7. The van der Waals surface area contributed by atoms with Crippen LogP contribution in [0.4, 0.5) is 10.2 Å². The highest BCUT2D eigenvalue weighted by Gasteiger charge is 2.21. The van der Waals surface area contributed by atoms with Gasteiger partial charge in [-0.3, -0.25) is 4.72 Å². The molecule has 0 atom stereocenters. The number of aromatic nitrogens is 1. The molecule has 20 heavy (non-hydrogen) atoms. The molecule has 1 aromatic heterocycles. The van der Waals surface area contributed by atoms with Crippen LogP contribution in [0.1, 0.15) is 5.69 Å². The lowest BCUT2D eigenvalue weighted by Gasteiger charge is -2.11. The van der Waals surface area contributed by atoms with Crippen LogP contribution >= 0.6 is 0 Å². The molecule has 0 radical (unpaired) electrons. The Morgan fingerprint density at radius 3 is 2.65 bits per heavy atom. The van der Waals surface area contributed by atoms with E-state index in [1.807, 2.05) is 0 Å². The lowest BCUT2D eigenvalue weighted by atomic mass is 10.3. The van der Waals surface area contributed by atoms with Gasteiger partial charge < -0.3 is 4.74 Å². The second kappa shape index (κ2) is 5.46. The van der Waals surface area contributed by atoms with E-state index in [4.69, 9.17) is 4.74 Å². The first-order chi connectivity index (χ1) is 9.42. The summed E-state index contributed by atoms with van der Waals surface area (Å²) in [6, 6.07) is 8.20. The molecule has 0 spiro atoms. The highest BCUT2D eigenvalue weighted by molar-refractivity contribution is 7.92. The molecule has 0 fully saturated rings. The number of aryl methyl sites for hydroxylation is 1. The van der Waals surface area contributed by atoms with Crippen molar-refractivity contribution in [3.8, 4) is 5.75 Å². The number of ether oxygens (including phenoxy) is 1. The second-order valence-corrected chi connectivity index (χ2v) is 5.72. The summed E-state index contributed by atoms with van der Waals surface area (Å²) in [5.41, 5.74) is 0.663. The number of hydrogen-bond donors (Lipinski definition) is 1. The number of hydrogen-bond acceptors (Lipinski definition) is 4. The molecule has 1 heterocycles. The summed E-state index contributed by atoms with van der Waals surface area (Å²) >= 11 is 0. The minimum Gasteiger partial charge on any atom is -0.495 e. The molecular weight excluding hydrogens is 283 g/mol. The number of sulfonamides is 1. The molecule has 2 aromatic rings. The Balaban J connectivity index is 2.43. The summed E-state index contributed by atoms with van der Waals surface area (Å²) in [7, 11) is -2.66. The molecule has 106 valence electrons. The van der Waals surface area contributed by atoms with Crippen molar-refractivity contribution in [2.24, 2.45) is 0 Å². The Bertz CT molecular complexity index is 732. The zero-order valence-electron chi connectivity index (χ0n) is 10.9. The smallest absolute Gasteiger partial charge is 0.266 e. The standard InChI is InChI=1S/C13H13FN2O3S/c1-9-4-3-5-13(15-9)16-20(17,18)12-8-10(14)6-7-11(12)19-2/h3-8H,1-2H3,(H,15,16). The molecular formula is C13H13FN2O3S. The maximum absolute atomic E-state index is 13.3. The molecule has 7 heteroatoms. The number of rotatable bonds is 4. The third kappa shape index (κ3) is 3.05. The average Bonchev–Trinajstić information content (AvgIpc) is 2.38. The first kappa shape index (κ1) is 14.3. The number of pyridine rings is 1. The van der Waals surface area contributed by atoms with Crippen LogP contribution in [-0.2, 0) is 10.0 Å². The van der Waals surface area contributed by atoms with Crippen molar-refractivity contribution in [3.05, 3.63) is 47.9 Å². The normalized spacial score (nSPS) is 11.2. The summed E-state index contributed by atoms with van der Waals surface area (Å²) in [6.07, 6.45) is 0. The Morgan fingerprint density at radius 2 is 2.00 bits per heavy atom. The number of methoxy groups -OCH3 is 1. The second-order valence-electron chi connectivity index (χ2n) is 4.06. The van der Waals surface area contributed by atoms with Crippen molar-refractivity contribution in [2.75, 3.05) is 11.8 Å².